The van der Waals surface area contributed by atoms with E-state index < -0.39 is 0 Å². The van der Waals surface area contributed by atoms with Gasteiger partial charge in [-0.1, -0.05) is 12.1 Å². The fourth-order valence-corrected chi connectivity index (χ4v) is 4.91. The Morgan fingerprint density at radius 2 is 2.10 bits per heavy atom. The molecule has 1 spiro atoms. The van der Waals surface area contributed by atoms with Gasteiger partial charge < -0.3 is 14.3 Å². The lowest BCUT2D eigenvalue weighted by atomic mass is 9.90. The normalized spacial score (nSPS) is 20.9. The maximum Gasteiger partial charge on any atom is 0.223 e. The predicted molar refractivity (Wildman–Crippen MR) is 111 cm³/mol. The van der Waals surface area contributed by atoms with Crippen molar-refractivity contribution in [3.8, 4) is 0 Å². The number of nitrogens with one attached hydrogen (secondary N) is 1. The Bertz CT molecular complexity index is 999. The van der Waals surface area contributed by atoms with Crippen molar-refractivity contribution < 1.29 is 9.21 Å². The standard InChI is InChI=1S/C23H28N4O2/c1-26-20-5-3-2-4-19(20)25-21(26)6-10-24-22(28)18-14-23(18)8-11-27(12-9-23)15-17-7-13-29-16-17/h2-5,7,13,16,18H,6,8-12,14-15H2,1H3,(H,24,28). The number of benzene rings is 1. The van der Waals surface area contributed by atoms with Crippen LogP contribution in [0.15, 0.2) is 47.3 Å². The molecular formula is C23H28N4O2. The molecule has 0 bridgehead atoms. The van der Waals surface area contributed by atoms with E-state index in [2.05, 4.69) is 20.9 Å². The van der Waals surface area contributed by atoms with Gasteiger partial charge in [0.15, 0.2) is 0 Å². The van der Waals surface area contributed by atoms with Gasteiger partial charge in [-0.25, -0.2) is 4.98 Å². The summed E-state index contributed by atoms with van der Waals surface area (Å²) in [6, 6.07) is 10.2. The maximum absolute atomic E-state index is 12.7. The number of piperidine rings is 1. The number of hydrogen-bond donors (Lipinski definition) is 1. The fraction of sp³-hybridized carbons (Fsp3) is 0.478. The van der Waals surface area contributed by atoms with E-state index in [-0.39, 0.29) is 17.2 Å². The SMILES string of the molecule is Cn1c(CCNC(=O)C2CC23CCN(Cc2ccoc2)CC3)nc2ccccc21. The lowest BCUT2D eigenvalue weighted by Crippen LogP contribution is -2.37. The third kappa shape index (κ3) is 3.57. The minimum absolute atomic E-state index is 0.194. The molecule has 1 atom stereocenters. The first-order valence-electron chi connectivity index (χ1n) is 10.6. The summed E-state index contributed by atoms with van der Waals surface area (Å²) < 4.78 is 7.29. The second kappa shape index (κ2) is 7.34. The van der Waals surface area contributed by atoms with Crippen molar-refractivity contribution in [2.24, 2.45) is 18.4 Å². The van der Waals surface area contributed by atoms with Crippen molar-refractivity contribution in [1.82, 2.24) is 19.8 Å². The van der Waals surface area contributed by atoms with Gasteiger partial charge in [0, 0.05) is 38.0 Å². The Morgan fingerprint density at radius 3 is 2.86 bits per heavy atom. The van der Waals surface area contributed by atoms with E-state index in [1.54, 1.807) is 6.26 Å². The van der Waals surface area contributed by atoms with Crippen LogP contribution in [-0.2, 0) is 24.8 Å². The van der Waals surface area contributed by atoms with Gasteiger partial charge in [-0.3, -0.25) is 9.69 Å². The molecule has 1 aliphatic heterocycles. The predicted octanol–water partition coefficient (Wildman–Crippen LogP) is 3.13. The number of likely N-dealkylation sites (tertiary alicyclic amines) is 1. The van der Waals surface area contributed by atoms with Crippen LogP contribution in [0.5, 0.6) is 0 Å². The lowest BCUT2D eigenvalue weighted by Gasteiger charge is -2.32. The number of carbonyl (C=O) groups is 1. The number of carbonyl (C=O) groups excluding carboxylic acids is 1. The van der Waals surface area contributed by atoms with Gasteiger partial charge >= 0.3 is 0 Å². The first-order valence-corrected chi connectivity index (χ1v) is 10.6. The quantitative estimate of drug-likeness (QED) is 0.700. The molecular weight excluding hydrogens is 364 g/mol. The molecule has 1 saturated carbocycles. The topological polar surface area (TPSA) is 63.3 Å². The zero-order valence-corrected chi connectivity index (χ0v) is 16.9. The second-order valence-corrected chi connectivity index (χ2v) is 8.64. The number of para-hydroxylation sites is 2. The highest BCUT2D eigenvalue weighted by molar-refractivity contribution is 5.82. The third-order valence-electron chi connectivity index (χ3n) is 6.87. The van der Waals surface area contributed by atoms with Crippen LogP contribution >= 0.6 is 0 Å². The average Bonchev–Trinajstić information content (AvgIpc) is 3.05. The molecule has 1 N–H and O–H groups in total. The molecule has 29 heavy (non-hydrogen) atoms. The number of hydrogen-bond acceptors (Lipinski definition) is 4. The summed E-state index contributed by atoms with van der Waals surface area (Å²) >= 11 is 0. The molecule has 2 aliphatic rings. The maximum atomic E-state index is 12.7. The number of amides is 1. The van der Waals surface area contributed by atoms with Crippen molar-refractivity contribution in [2.75, 3.05) is 19.6 Å². The highest BCUT2D eigenvalue weighted by Gasteiger charge is 2.58. The second-order valence-electron chi connectivity index (χ2n) is 8.64. The van der Waals surface area contributed by atoms with Crippen molar-refractivity contribution in [2.45, 2.75) is 32.2 Å². The Kier molecular flexibility index (Phi) is 4.66. The van der Waals surface area contributed by atoms with Crippen molar-refractivity contribution in [1.29, 1.82) is 0 Å². The number of aromatic nitrogens is 2. The molecule has 152 valence electrons. The number of furan rings is 1. The van der Waals surface area contributed by atoms with Crippen molar-refractivity contribution in [3.05, 3.63) is 54.2 Å². The number of aryl methyl sites for hydroxylation is 1. The molecule has 0 radical (unpaired) electrons. The van der Waals surface area contributed by atoms with E-state index in [1.165, 1.54) is 5.56 Å². The highest BCUT2D eigenvalue weighted by atomic mass is 16.3. The van der Waals surface area contributed by atoms with E-state index in [4.69, 9.17) is 9.40 Å². The molecule has 6 nitrogen and oxygen atoms in total. The van der Waals surface area contributed by atoms with Crippen LogP contribution in [0.25, 0.3) is 11.0 Å². The molecule has 2 aromatic heterocycles. The minimum atomic E-state index is 0.194. The van der Waals surface area contributed by atoms with Crippen molar-refractivity contribution in [3.63, 3.8) is 0 Å². The molecule has 3 aromatic rings. The van der Waals surface area contributed by atoms with E-state index in [0.29, 0.717) is 6.54 Å². The molecule has 6 heteroatoms. The van der Waals surface area contributed by atoms with Gasteiger partial charge in [0.05, 0.1) is 23.6 Å². The Hall–Kier alpha value is -2.60. The molecule has 1 aliphatic carbocycles. The molecule has 3 heterocycles. The number of imidazole rings is 1. The number of nitrogens with zero attached hydrogens (tertiary/aromatic N) is 3. The van der Waals surface area contributed by atoms with Gasteiger partial charge in [-0.2, -0.15) is 0 Å². The zero-order valence-electron chi connectivity index (χ0n) is 16.9. The summed E-state index contributed by atoms with van der Waals surface area (Å²) in [6.45, 7) is 3.72. The van der Waals surface area contributed by atoms with E-state index in [9.17, 15) is 4.79 Å². The first kappa shape index (κ1) is 18.4. The third-order valence-corrected chi connectivity index (χ3v) is 6.87. The summed E-state index contributed by atoms with van der Waals surface area (Å²) in [6.07, 6.45) is 7.60. The summed E-state index contributed by atoms with van der Waals surface area (Å²) in [7, 11) is 2.04. The minimum Gasteiger partial charge on any atom is -0.472 e. The molecule has 5 rings (SSSR count). The number of fused-ring (bicyclic) bond motifs is 1. The van der Waals surface area contributed by atoms with E-state index in [1.807, 2.05) is 37.6 Å². The van der Waals surface area contributed by atoms with Crippen molar-refractivity contribution >= 4 is 16.9 Å². The molecule has 1 aromatic carbocycles. The van der Waals surface area contributed by atoms with Crippen LogP contribution in [0.4, 0.5) is 0 Å². The summed E-state index contributed by atoms with van der Waals surface area (Å²) in [5.74, 6) is 1.44. The van der Waals surface area contributed by atoms with Gasteiger partial charge in [0.25, 0.3) is 0 Å². The molecule has 1 amide bonds. The summed E-state index contributed by atoms with van der Waals surface area (Å²) in [5, 5.41) is 3.17. The van der Waals surface area contributed by atoms with Gasteiger partial charge in [-0.05, 0) is 56.0 Å². The lowest BCUT2D eigenvalue weighted by molar-refractivity contribution is -0.123. The monoisotopic (exact) mass is 392 g/mol. The van der Waals surface area contributed by atoms with Crippen LogP contribution in [0.2, 0.25) is 0 Å². The van der Waals surface area contributed by atoms with E-state index >= 15 is 0 Å². The Balaban J connectivity index is 1.10. The average molecular weight is 393 g/mol. The van der Waals surface area contributed by atoms with Gasteiger partial charge in [0.1, 0.15) is 5.82 Å². The van der Waals surface area contributed by atoms with Crippen LogP contribution in [0.3, 0.4) is 0 Å². The summed E-state index contributed by atoms with van der Waals surface area (Å²) in [5.41, 5.74) is 3.62. The zero-order chi connectivity index (χ0) is 19.8. The van der Waals surface area contributed by atoms with Crippen LogP contribution in [0, 0.1) is 11.3 Å². The smallest absolute Gasteiger partial charge is 0.223 e. The first-order chi connectivity index (χ1) is 14.1. The fourth-order valence-electron chi connectivity index (χ4n) is 4.91. The molecule has 2 fully saturated rings. The van der Waals surface area contributed by atoms with Gasteiger partial charge in [0.2, 0.25) is 5.91 Å². The highest BCUT2D eigenvalue weighted by Crippen LogP contribution is 2.59. The van der Waals surface area contributed by atoms with Gasteiger partial charge in [-0.15, -0.1) is 0 Å². The van der Waals surface area contributed by atoms with E-state index in [0.717, 1.165) is 62.2 Å². The van der Waals surface area contributed by atoms with Crippen LogP contribution in [-0.4, -0.2) is 40.0 Å². The molecule has 1 unspecified atom stereocenters. The van der Waals surface area contributed by atoms with Crippen LogP contribution in [0.1, 0.15) is 30.7 Å². The summed E-state index contributed by atoms with van der Waals surface area (Å²) in [4.78, 5) is 19.9. The Labute approximate surface area is 170 Å². The van der Waals surface area contributed by atoms with Crippen LogP contribution < -0.4 is 5.32 Å². The molecule has 1 saturated heterocycles. The largest absolute Gasteiger partial charge is 0.472 e. The Morgan fingerprint density at radius 1 is 1.28 bits per heavy atom. The number of rotatable bonds is 6.